The van der Waals surface area contributed by atoms with E-state index in [-0.39, 0.29) is 11.9 Å². The molecule has 0 aromatic rings. The number of hydrogen-bond donors (Lipinski definition) is 2. The predicted octanol–water partition coefficient (Wildman–Crippen LogP) is 0.509. The minimum absolute atomic E-state index is 0.0857. The Morgan fingerprint density at radius 1 is 1.12 bits per heavy atom. The van der Waals surface area contributed by atoms with Crippen molar-refractivity contribution >= 4 is 5.91 Å². The Morgan fingerprint density at radius 3 is 2.12 bits per heavy atom. The van der Waals surface area contributed by atoms with E-state index >= 15 is 0 Å². The predicted molar refractivity (Wildman–Crippen MR) is 66.3 cm³/mol. The molecule has 0 aromatic carbocycles. The summed E-state index contributed by atoms with van der Waals surface area (Å²) in [4.78, 5) is 11.6. The van der Waals surface area contributed by atoms with E-state index in [1.54, 1.807) is 7.05 Å². The summed E-state index contributed by atoms with van der Waals surface area (Å²) in [6.07, 6.45) is 7.26. The molecule has 17 heavy (non-hydrogen) atoms. The first-order valence-electron chi connectivity index (χ1n) is 7.24. The van der Waals surface area contributed by atoms with Gasteiger partial charge in [0.25, 0.3) is 5.91 Å². The number of nitrogens with one attached hydrogen (secondary N) is 1. The molecule has 3 heteroatoms. The number of likely N-dealkylation sites (N-methyl/N-ethyl adjacent to an activating group) is 1. The average molecular weight is 237 g/mol. The second-order valence-electron chi connectivity index (χ2n) is 6.60. The van der Waals surface area contributed by atoms with Crippen LogP contribution in [0.2, 0.25) is 0 Å². The molecule has 4 aliphatic carbocycles. The van der Waals surface area contributed by atoms with Gasteiger partial charge in [-0.2, -0.15) is 0 Å². The Morgan fingerprint density at radius 2 is 1.65 bits per heavy atom. The fourth-order valence-corrected chi connectivity index (χ4v) is 4.93. The van der Waals surface area contributed by atoms with Crippen LogP contribution >= 0.6 is 0 Å². The van der Waals surface area contributed by atoms with Gasteiger partial charge in [-0.05, 0) is 50.9 Å². The minimum Gasteiger partial charge on any atom is -0.354 e. The third-order valence-electron chi connectivity index (χ3n) is 5.47. The molecule has 4 saturated carbocycles. The molecule has 0 heterocycles. The quantitative estimate of drug-likeness (QED) is 0.738. The number of rotatable bonds is 3. The van der Waals surface area contributed by atoms with Crippen molar-refractivity contribution in [1.82, 2.24) is 5.32 Å². The molecule has 0 aromatic heterocycles. The zero-order valence-electron chi connectivity index (χ0n) is 11.0. The maximum absolute atomic E-state index is 11.6. The Labute approximate surface area is 104 Å². The monoisotopic (exact) mass is 237 g/mol. The van der Waals surface area contributed by atoms with E-state index < -0.39 is 0 Å². The fourth-order valence-electron chi connectivity index (χ4n) is 4.93. The van der Waals surface area contributed by atoms with Gasteiger partial charge in [0.1, 0.15) is 0 Å². The van der Waals surface area contributed by atoms with Gasteiger partial charge in [-0.25, -0.2) is 0 Å². The van der Waals surface area contributed by atoms with E-state index in [0.29, 0.717) is 0 Å². The van der Waals surface area contributed by atoms with E-state index in [2.05, 4.69) is 10.6 Å². The van der Waals surface area contributed by atoms with Crippen LogP contribution in [0.25, 0.3) is 0 Å². The van der Waals surface area contributed by atoms with Crippen molar-refractivity contribution in [3.63, 3.8) is 0 Å². The Hall–Kier alpha value is -0.570. The van der Waals surface area contributed by atoms with Gasteiger partial charge in [0.15, 0.2) is 6.04 Å². The molecule has 4 fully saturated rings. The topological polar surface area (TPSA) is 45.7 Å². The number of carbonyl (C=O) groups excluding carboxylic acids is 1. The second kappa shape index (κ2) is 4.27. The van der Waals surface area contributed by atoms with Crippen molar-refractivity contribution in [2.45, 2.75) is 51.1 Å². The molecule has 96 valence electrons. The average Bonchev–Trinajstić information content (AvgIpc) is 2.31. The third kappa shape index (κ3) is 1.99. The van der Waals surface area contributed by atoms with E-state index in [4.69, 9.17) is 0 Å². The normalized spacial score (nSPS) is 44.7. The molecule has 0 aliphatic heterocycles. The lowest BCUT2D eigenvalue weighted by Gasteiger charge is -2.53. The molecule has 4 aliphatic rings. The molecule has 0 saturated heterocycles. The molecular weight excluding hydrogens is 212 g/mol. The Kier molecular flexibility index (Phi) is 2.89. The van der Waals surface area contributed by atoms with Crippen LogP contribution < -0.4 is 10.6 Å². The number of hydrogen-bond acceptors (Lipinski definition) is 1. The van der Waals surface area contributed by atoms with E-state index in [1.807, 2.05) is 6.92 Å². The summed E-state index contributed by atoms with van der Waals surface area (Å²) >= 11 is 0. The van der Waals surface area contributed by atoms with Gasteiger partial charge in [0, 0.05) is 18.9 Å². The largest absolute Gasteiger partial charge is 0.354 e. The minimum atomic E-state index is 0.0857. The van der Waals surface area contributed by atoms with Gasteiger partial charge in [-0.1, -0.05) is 0 Å². The molecule has 1 atom stereocenters. The molecule has 4 rings (SSSR count). The van der Waals surface area contributed by atoms with Crippen molar-refractivity contribution in [3.05, 3.63) is 0 Å². The number of quaternary nitrogens is 1. The summed E-state index contributed by atoms with van der Waals surface area (Å²) in [6.45, 7) is 2.05. The van der Waals surface area contributed by atoms with Crippen LogP contribution in [0, 0.1) is 23.7 Å². The molecule has 0 spiro atoms. The van der Waals surface area contributed by atoms with E-state index in [9.17, 15) is 4.79 Å². The molecule has 3 N–H and O–H groups in total. The highest BCUT2D eigenvalue weighted by Gasteiger charge is 2.50. The van der Waals surface area contributed by atoms with Crippen LogP contribution in [-0.4, -0.2) is 25.0 Å². The zero-order chi connectivity index (χ0) is 12.0. The maximum atomic E-state index is 11.6. The summed E-state index contributed by atoms with van der Waals surface area (Å²) < 4.78 is 0. The maximum Gasteiger partial charge on any atom is 0.277 e. The number of carbonyl (C=O) groups is 1. The van der Waals surface area contributed by atoms with Crippen LogP contribution in [0.5, 0.6) is 0 Å². The summed E-state index contributed by atoms with van der Waals surface area (Å²) in [5.74, 6) is 4.03. The molecule has 0 radical (unpaired) electrons. The van der Waals surface area contributed by atoms with Crippen LogP contribution in [0.1, 0.15) is 39.0 Å². The van der Waals surface area contributed by atoms with Crippen molar-refractivity contribution in [2.75, 3.05) is 7.05 Å². The van der Waals surface area contributed by atoms with Gasteiger partial charge < -0.3 is 10.6 Å². The van der Waals surface area contributed by atoms with Gasteiger partial charge >= 0.3 is 0 Å². The van der Waals surface area contributed by atoms with Crippen LogP contribution in [-0.2, 0) is 4.79 Å². The van der Waals surface area contributed by atoms with Crippen molar-refractivity contribution in [3.8, 4) is 0 Å². The highest BCUT2D eigenvalue weighted by atomic mass is 16.2. The summed E-state index contributed by atoms with van der Waals surface area (Å²) in [7, 11) is 1.74. The SMILES string of the molecule is CNC(=O)[C@H](C)[NH2+]C1C2CC3CC(C2)CC1C3. The van der Waals surface area contributed by atoms with E-state index in [0.717, 1.165) is 29.7 Å². The van der Waals surface area contributed by atoms with Gasteiger partial charge in [-0.3, -0.25) is 4.79 Å². The highest BCUT2D eigenvalue weighted by molar-refractivity contribution is 5.79. The van der Waals surface area contributed by atoms with Gasteiger partial charge in [-0.15, -0.1) is 0 Å². The first-order chi connectivity index (χ1) is 8.17. The second-order valence-corrected chi connectivity index (χ2v) is 6.60. The smallest absolute Gasteiger partial charge is 0.277 e. The summed E-state index contributed by atoms with van der Waals surface area (Å²) in [5, 5.41) is 5.13. The number of amides is 1. The first-order valence-corrected chi connectivity index (χ1v) is 7.24. The lowest BCUT2D eigenvalue weighted by Crippen LogP contribution is -3.00. The third-order valence-corrected chi connectivity index (χ3v) is 5.47. The Bertz CT molecular complexity index is 287. The van der Waals surface area contributed by atoms with Gasteiger partial charge in [0.2, 0.25) is 0 Å². The van der Waals surface area contributed by atoms with E-state index in [1.165, 1.54) is 32.1 Å². The fraction of sp³-hybridized carbons (Fsp3) is 0.929. The molecule has 1 amide bonds. The van der Waals surface area contributed by atoms with Crippen molar-refractivity contribution in [2.24, 2.45) is 23.7 Å². The highest BCUT2D eigenvalue weighted by Crippen LogP contribution is 2.52. The summed E-state index contributed by atoms with van der Waals surface area (Å²) in [6, 6.07) is 0.817. The number of nitrogens with two attached hydrogens (primary N) is 1. The van der Waals surface area contributed by atoms with Gasteiger partial charge in [0.05, 0.1) is 6.04 Å². The first kappa shape index (κ1) is 11.5. The van der Waals surface area contributed by atoms with Crippen molar-refractivity contribution < 1.29 is 10.1 Å². The molecule has 3 nitrogen and oxygen atoms in total. The Balaban J connectivity index is 1.66. The van der Waals surface area contributed by atoms with Crippen molar-refractivity contribution in [1.29, 1.82) is 0 Å². The zero-order valence-corrected chi connectivity index (χ0v) is 11.0. The molecule has 0 unspecified atom stereocenters. The van der Waals surface area contributed by atoms with Crippen LogP contribution in [0.3, 0.4) is 0 Å². The summed E-state index contributed by atoms with van der Waals surface area (Å²) in [5.41, 5.74) is 0. The molecular formula is C14H25N2O+. The van der Waals surface area contributed by atoms with Crippen LogP contribution in [0.4, 0.5) is 0 Å². The molecule has 4 bridgehead atoms. The lowest BCUT2D eigenvalue weighted by molar-refractivity contribution is -0.725. The standard InChI is InChI=1S/C14H24N2O/c1-8(14(17)15-2)16-13-11-4-9-3-10(6-11)7-12(13)5-9/h8-13,16H,3-7H2,1-2H3,(H,15,17)/p+1/t8-,9?,10?,11?,12?,13?/m0/s1. The lowest BCUT2D eigenvalue weighted by atomic mass is 9.54. The van der Waals surface area contributed by atoms with Crippen LogP contribution in [0.15, 0.2) is 0 Å².